The summed E-state index contributed by atoms with van der Waals surface area (Å²) >= 11 is 11.8. The first kappa shape index (κ1) is 15.6. The van der Waals surface area contributed by atoms with Crippen molar-refractivity contribution >= 4 is 29.1 Å². The Morgan fingerprint density at radius 3 is 2.75 bits per heavy atom. The van der Waals surface area contributed by atoms with Crippen LogP contribution in [0, 0.1) is 0 Å². The van der Waals surface area contributed by atoms with E-state index in [0.717, 1.165) is 18.4 Å². The number of nitrogens with two attached hydrogens (primary N) is 1. The third kappa shape index (κ3) is 3.64. The Kier molecular flexibility index (Phi) is 5.27. The zero-order valence-corrected chi connectivity index (χ0v) is 12.8. The van der Waals surface area contributed by atoms with Crippen molar-refractivity contribution in [3.8, 4) is 0 Å². The van der Waals surface area contributed by atoms with Gasteiger partial charge in [0.15, 0.2) is 0 Å². The van der Waals surface area contributed by atoms with Gasteiger partial charge in [-0.2, -0.15) is 0 Å². The number of hydrogen-bond donors (Lipinski definition) is 1. The standard InChI is InChI=1S/C14H18Cl2N2O2/c1-18(8-9-2-4-11(15)12(16)6-9)14(19)13-5-3-10(7-17)20-13/h2,4,6,10,13H,3,5,7-8,17H2,1H3/t10-,13+/m1/s1. The van der Waals surface area contributed by atoms with E-state index in [2.05, 4.69) is 0 Å². The van der Waals surface area contributed by atoms with Gasteiger partial charge in [0.2, 0.25) is 0 Å². The van der Waals surface area contributed by atoms with Gasteiger partial charge in [0.1, 0.15) is 6.10 Å². The summed E-state index contributed by atoms with van der Waals surface area (Å²) in [6.45, 7) is 0.934. The molecule has 2 atom stereocenters. The first-order valence-electron chi connectivity index (χ1n) is 6.55. The van der Waals surface area contributed by atoms with E-state index >= 15 is 0 Å². The molecule has 1 aliphatic heterocycles. The van der Waals surface area contributed by atoms with Crippen LogP contribution in [0.5, 0.6) is 0 Å². The van der Waals surface area contributed by atoms with Crippen LogP contribution in [-0.4, -0.2) is 36.6 Å². The number of halogens is 2. The zero-order chi connectivity index (χ0) is 14.7. The van der Waals surface area contributed by atoms with Crippen LogP contribution in [0.3, 0.4) is 0 Å². The Balaban J connectivity index is 1.95. The van der Waals surface area contributed by atoms with E-state index in [9.17, 15) is 4.79 Å². The summed E-state index contributed by atoms with van der Waals surface area (Å²) in [6, 6.07) is 5.36. The third-order valence-corrected chi connectivity index (χ3v) is 4.16. The lowest BCUT2D eigenvalue weighted by molar-refractivity contribution is -0.141. The highest BCUT2D eigenvalue weighted by Gasteiger charge is 2.31. The van der Waals surface area contributed by atoms with E-state index < -0.39 is 0 Å². The molecule has 0 spiro atoms. The molecule has 0 aliphatic carbocycles. The second kappa shape index (κ2) is 6.76. The van der Waals surface area contributed by atoms with Crippen LogP contribution in [0.2, 0.25) is 10.0 Å². The summed E-state index contributed by atoms with van der Waals surface area (Å²) in [4.78, 5) is 13.9. The summed E-state index contributed by atoms with van der Waals surface area (Å²) in [7, 11) is 1.75. The van der Waals surface area contributed by atoms with Crippen molar-refractivity contribution in [2.75, 3.05) is 13.6 Å². The predicted molar refractivity (Wildman–Crippen MR) is 79.9 cm³/mol. The van der Waals surface area contributed by atoms with Crippen molar-refractivity contribution in [1.82, 2.24) is 4.90 Å². The fourth-order valence-electron chi connectivity index (χ4n) is 2.30. The van der Waals surface area contributed by atoms with Gasteiger partial charge in [0.25, 0.3) is 5.91 Å². The highest BCUT2D eigenvalue weighted by molar-refractivity contribution is 6.42. The second-order valence-electron chi connectivity index (χ2n) is 5.00. The largest absolute Gasteiger partial charge is 0.364 e. The number of carbonyl (C=O) groups excluding carboxylic acids is 1. The number of nitrogens with zero attached hydrogens (tertiary/aromatic N) is 1. The Bertz CT molecular complexity index is 496. The van der Waals surface area contributed by atoms with Gasteiger partial charge in [-0.15, -0.1) is 0 Å². The fraction of sp³-hybridized carbons (Fsp3) is 0.500. The van der Waals surface area contributed by atoms with Gasteiger partial charge >= 0.3 is 0 Å². The number of likely N-dealkylation sites (N-methyl/N-ethyl adjacent to an activating group) is 1. The average Bonchev–Trinajstić information content (AvgIpc) is 2.91. The highest BCUT2D eigenvalue weighted by Crippen LogP contribution is 2.24. The summed E-state index contributed by atoms with van der Waals surface area (Å²) in [5.74, 6) is -0.0213. The number of carbonyl (C=O) groups is 1. The molecule has 1 aromatic rings. The maximum atomic E-state index is 12.3. The molecular formula is C14H18Cl2N2O2. The topological polar surface area (TPSA) is 55.6 Å². The van der Waals surface area contributed by atoms with E-state index in [1.165, 1.54) is 0 Å². The lowest BCUT2D eigenvalue weighted by Crippen LogP contribution is -2.36. The molecule has 6 heteroatoms. The summed E-state index contributed by atoms with van der Waals surface area (Å²) < 4.78 is 5.61. The molecule has 110 valence electrons. The molecule has 0 bridgehead atoms. The molecule has 1 aliphatic rings. The molecule has 1 fully saturated rings. The van der Waals surface area contributed by atoms with Crippen molar-refractivity contribution in [3.05, 3.63) is 33.8 Å². The lowest BCUT2D eigenvalue weighted by atomic mass is 10.1. The molecule has 1 aromatic carbocycles. The van der Waals surface area contributed by atoms with Crippen molar-refractivity contribution < 1.29 is 9.53 Å². The normalized spacial score (nSPS) is 22.0. The van der Waals surface area contributed by atoms with Crippen LogP contribution in [0.25, 0.3) is 0 Å². The molecule has 2 N–H and O–H groups in total. The van der Waals surface area contributed by atoms with Gasteiger partial charge in [0, 0.05) is 20.1 Å². The Hall–Kier alpha value is -0.810. The van der Waals surface area contributed by atoms with E-state index in [0.29, 0.717) is 23.1 Å². The Morgan fingerprint density at radius 2 is 2.15 bits per heavy atom. The van der Waals surface area contributed by atoms with Crippen molar-refractivity contribution in [2.45, 2.75) is 31.6 Å². The molecule has 0 saturated carbocycles. The third-order valence-electron chi connectivity index (χ3n) is 3.43. The van der Waals surface area contributed by atoms with Crippen molar-refractivity contribution in [2.24, 2.45) is 5.73 Å². The van der Waals surface area contributed by atoms with Gasteiger partial charge in [-0.1, -0.05) is 29.3 Å². The Labute approximate surface area is 128 Å². The molecule has 0 radical (unpaired) electrons. The summed E-state index contributed by atoms with van der Waals surface area (Å²) in [6.07, 6.45) is 1.19. The monoisotopic (exact) mass is 316 g/mol. The molecule has 0 unspecified atom stereocenters. The molecule has 1 amide bonds. The quantitative estimate of drug-likeness (QED) is 0.928. The fourth-order valence-corrected chi connectivity index (χ4v) is 2.62. The first-order valence-corrected chi connectivity index (χ1v) is 7.31. The zero-order valence-electron chi connectivity index (χ0n) is 11.3. The van der Waals surface area contributed by atoms with Crippen molar-refractivity contribution in [3.63, 3.8) is 0 Å². The van der Waals surface area contributed by atoms with E-state index in [-0.39, 0.29) is 18.1 Å². The van der Waals surface area contributed by atoms with E-state index in [4.69, 9.17) is 33.7 Å². The minimum Gasteiger partial charge on any atom is -0.364 e. The van der Waals surface area contributed by atoms with Crippen LogP contribution in [-0.2, 0) is 16.1 Å². The lowest BCUT2D eigenvalue weighted by Gasteiger charge is -2.21. The number of ether oxygens (including phenoxy) is 1. The maximum Gasteiger partial charge on any atom is 0.251 e. The van der Waals surface area contributed by atoms with Crippen LogP contribution >= 0.6 is 23.2 Å². The molecular weight excluding hydrogens is 299 g/mol. The van der Waals surface area contributed by atoms with Crippen molar-refractivity contribution in [1.29, 1.82) is 0 Å². The van der Waals surface area contributed by atoms with E-state index in [1.807, 2.05) is 6.07 Å². The molecule has 1 heterocycles. The van der Waals surface area contributed by atoms with Gasteiger partial charge in [-0.25, -0.2) is 0 Å². The highest BCUT2D eigenvalue weighted by atomic mass is 35.5. The molecule has 4 nitrogen and oxygen atoms in total. The number of amides is 1. The van der Waals surface area contributed by atoms with Gasteiger partial charge in [0.05, 0.1) is 16.1 Å². The van der Waals surface area contributed by atoms with Crippen LogP contribution in [0.1, 0.15) is 18.4 Å². The smallest absolute Gasteiger partial charge is 0.251 e. The first-order chi connectivity index (χ1) is 9.51. The van der Waals surface area contributed by atoms with E-state index in [1.54, 1.807) is 24.1 Å². The van der Waals surface area contributed by atoms with Crippen LogP contribution < -0.4 is 5.73 Å². The Morgan fingerprint density at radius 1 is 1.40 bits per heavy atom. The minimum atomic E-state index is -0.378. The molecule has 20 heavy (non-hydrogen) atoms. The maximum absolute atomic E-state index is 12.3. The second-order valence-corrected chi connectivity index (χ2v) is 5.82. The molecule has 1 saturated heterocycles. The van der Waals surface area contributed by atoms with Crippen LogP contribution in [0.15, 0.2) is 18.2 Å². The van der Waals surface area contributed by atoms with Gasteiger partial charge in [-0.3, -0.25) is 4.79 Å². The van der Waals surface area contributed by atoms with Gasteiger partial charge in [-0.05, 0) is 30.5 Å². The molecule has 2 rings (SSSR count). The van der Waals surface area contributed by atoms with Gasteiger partial charge < -0.3 is 15.4 Å². The summed E-state index contributed by atoms with van der Waals surface area (Å²) in [5.41, 5.74) is 6.48. The molecule has 0 aromatic heterocycles. The average molecular weight is 317 g/mol. The number of benzene rings is 1. The minimum absolute atomic E-state index is 0.00215. The van der Waals surface area contributed by atoms with Crippen LogP contribution in [0.4, 0.5) is 0 Å². The summed E-state index contributed by atoms with van der Waals surface area (Å²) in [5, 5.41) is 1.000. The number of hydrogen-bond acceptors (Lipinski definition) is 3. The number of rotatable bonds is 4. The SMILES string of the molecule is CN(Cc1ccc(Cl)c(Cl)c1)C(=O)[C@@H]1CC[C@H](CN)O1. The predicted octanol–water partition coefficient (Wildman–Crippen LogP) is 2.46.